The molecule has 3 atom stereocenters. The van der Waals surface area contributed by atoms with Crippen molar-refractivity contribution < 1.29 is 4.79 Å². The zero-order chi connectivity index (χ0) is 14.4. The van der Waals surface area contributed by atoms with E-state index in [4.69, 9.17) is 0 Å². The molecule has 2 aromatic heterocycles. The van der Waals surface area contributed by atoms with Crippen LogP contribution in [0.4, 0.5) is 0 Å². The SMILES string of the molecule is O=C(N[C@@H]1C[C@H]2CCN(C2)C1)c1ccn2c(Br)ccc2c1. The average Bonchev–Trinajstić information content (AvgIpc) is 3.02. The maximum atomic E-state index is 12.4. The smallest absolute Gasteiger partial charge is 0.251 e. The van der Waals surface area contributed by atoms with Gasteiger partial charge in [0.05, 0.1) is 4.60 Å². The van der Waals surface area contributed by atoms with E-state index < -0.39 is 0 Å². The van der Waals surface area contributed by atoms with Crippen molar-refractivity contribution in [2.24, 2.45) is 5.92 Å². The van der Waals surface area contributed by atoms with Crippen LogP contribution in [-0.4, -0.2) is 40.9 Å². The van der Waals surface area contributed by atoms with Crippen LogP contribution in [0.2, 0.25) is 0 Å². The van der Waals surface area contributed by atoms with E-state index in [-0.39, 0.29) is 5.91 Å². The van der Waals surface area contributed by atoms with Gasteiger partial charge in [-0.3, -0.25) is 4.79 Å². The van der Waals surface area contributed by atoms with Gasteiger partial charge in [0, 0.05) is 36.4 Å². The number of piperidine rings is 1. The lowest BCUT2D eigenvalue weighted by Crippen LogP contribution is -2.47. The second kappa shape index (κ2) is 5.14. The summed E-state index contributed by atoms with van der Waals surface area (Å²) in [5, 5.41) is 3.21. The molecule has 1 N–H and O–H groups in total. The topological polar surface area (TPSA) is 36.8 Å². The highest BCUT2D eigenvalue weighted by atomic mass is 79.9. The summed E-state index contributed by atoms with van der Waals surface area (Å²) in [5.41, 5.74) is 1.77. The number of rotatable bonds is 2. The molecule has 0 aliphatic carbocycles. The van der Waals surface area contributed by atoms with Crippen LogP contribution in [0.1, 0.15) is 23.2 Å². The predicted octanol–water partition coefficient (Wildman–Crippen LogP) is 2.53. The van der Waals surface area contributed by atoms with Crippen LogP contribution in [0.25, 0.3) is 5.52 Å². The van der Waals surface area contributed by atoms with Gasteiger partial charge in [-0.2, -0.15) is 0 Å². The van der Waals surface area contributed by atoms with Crippen molar-refractivity contribution in [3.8, 4) is 0 Å². The average molecular weight is 348 g/mol. The van der Waals surface area contributed by atoms with Crippen molar-refractivity contribution in [3.05, 3.63) is 40.6 Å². The first-order valence-corrected chi connectivity index (χ1v) is 8.28. The molecule has 1 unspecified atom stereocenters. The summed E-state index contributed by atoms with van der Waals surface area (Å²) >= 11 is 3.49. The van der Waals surface area contributed by atoms with Gasteiger partial charge in [-0.1, -0.05) is 0 Å². The van der Waals surface area contributed by atoms with Crippen molar-refractivity contribution in [1.82, 2.24) is 14.6 Å². The van der Waals surface area contributed by atoms with Gasteiger partial charge in [0.1, 0.15) is 0 Å². The molecule has 4 rings (SSSR count). The fourth-order valence-corrected chi connectivity index (χ4v) is 4.10. The number of hydrogen-bond acceptors (Lipinski definition) is 2. The summed E-state index contributed by atoms with van der Waals surface area (Å²) in [7, 11) is 0. The highest BCUT2D eigenvalue weighted by molar-refractivity contribution is 9.10. The molecule has 2 aliphatic rings. The third-order valence-electron chi connectivity index (χ3n) is 4.67. The molecule has 1 amide bonds. The first-order chi connectivity index (χ1) is 10.2. The van der Waals surface area contributed by atoms with Crippen LogP contribution >= 0.6 is 15.9 Å². The Morgan fingerprint density at radius 1 is 1.29 bits per heavy atom. The molecule has 4 nitrogen and oxygen atoms in total. The van der Waals surface area contributed by atoms with Crippen molar-refractivity contribution in [2.75, 3.05) is 19.6 Å². The summed E-state index contributed by atoms with van der Waals surface area (Å²) in [4.78, 5) is 14.9. The molecule has 110 valence electrons. The Morgan fingerprint density at radius 2 is 2.19 bits per heavy atom. The fraction of sp³-hybridized carbons (Fsp3) is 0.438. The third-order valence-corrected chi connectivity index (χ3v) is 5.32. The van der Waals surface area contributed by atoms with Gasteiger partial charge in [0.15, 0.2) is 0 Å². The number of carbonyl (C=O) groups excluding carboxylic acids is 1. The second-order valence-electron chi connectivity index (χ2n) is 6.19. The van der Waals surface area contributed by atoms with E-state index in [1.807, 2.05) is 34.9 Å². The monoisotopic (exact) mass is 347 g/mol. The number of hydrogen-bond donors (Lipinski definition) is 1. The zero-order valence-corrected chi connectivity index (χ0v) is 13.3. The molecular weight excluding hydrogens is 330 g/mol. The van der Waals surface area contributed by atoms with Gasteiger partial charge < -0.3 is 14.6 Å². The van der Waals surface area contributed by atoms with Crippen LogP contribution in [-0.2, 0) is 0 Å². The predicted molar refractivity (Wildman–Crippen MR) is 85.5 cm³/mol. The molecule has 0 saturated carbocycles. The lowest BCUT2D eigenvalue weighted by Gasteiger charge is -2.30. The molecule has 2 fully saturated rings. The van der Waals surface area contributed by atoms with Crippen LogP contribution < -0.4 is 5.32 Å². The standard InChI is InChI=1S/C16H18BrN3O/c17-15-2-1-14-8-12(4-6-20(14)15)16(21)18-13-7-11-3-5-19(9-11)10-13/h1-2,4,6,8,11,13H,3,5,7,9-10H2,(H,18,21)/t11-,13-/m1/s1. The molecular formula is C16H18BrN3O. The number of nitrogens with zero attached hydrogens (tertiary/aromatic N) is 2. The Hall–Kier alpha value is -1.33. The van der Waals surface area contributed by atoms with E-state index in [0.717, 1.165) is 34.6 Å². The molecule has 2 aromatic rings. The Morgan fingerprint density at radius 3 is 3.05 bits per heavy atom. The molecule has 2 saturated heterocycles. The Labute approximate surface area is 132 Å². The number of pyridine rings is 1. The Balaban J connectivity index is 1.50. The fourth-order valence-electron chi connectivity index (χ4n) is 3.65. The van der Waals surface area contributed by atoms with Crippen LogP contribution in [0.5, 0.6) is 0 Å². The van der Waals surface area contributed by atoms with E-state index in [9.17, 15) is 4.79 Å². The Kier molecular flexibility index (Phi) is 3.27. The van der Waals surface area contributed by atoms with E-state index in [2.05, 4.69) is 26.1 Å². The second-order valence-corrected chi connectivity index (χ2v) is 7.00. The zero-order valence-electron chi connectivity index (χ0n) is 11.8. The van der Waals surface area contributed by atoms with E-state index in [0.29, 0.717) is 6.04 Å². The number of nitrogens with one attached hydrogen (secondary N) is 1. The molecule has 0 radical (unpaired) electrons. The highest BCUT2D eigenvalue weighted by Gasteiger charge is 2.32. The summed E-state index contributed by atoms with van der Waals surface area (Å²) in [6, 6.07) is 8.12. The molecule has 2 aliphatic heterocycles. The first kappa shape index (κ1) is 13.3. The minimum atomic E-state index is 0.0438. The van der Waals surface area contributed by atoms with E-state index in [1.165, 1.54) is 19.5 Å². The largest absolute Gasteiger partial charge is 0.348 e. The maximum absolute atomic E-state index is 12.4. The Bertz CT molecular complexity index is 684. The third kappa shape index (κ3) is 2.49. The summed E-state index contributed by atoms with van der Waals surface area (Å²) in [5.74, 6) is 0.815. The van der Waals surface area contributed by atoms with Crippen LogP contribution in [0.15, 0.2) is 35.1 Å². The quantitative estimate of drug-likeness (QED) is 0.906. The minimum Gasteiger partial charge on any atom is -0.348 e. The van der Waals surface area contributed by atoms with Crippen molar-refractivity contribution in [2.45, 2.75) is 18.9 Å². The van der Waals surface area contributed by atoms with E-state index >= 15 is 0 Å². The molecule has 5 heteroatoms. The number of aromatic nitrogens is 1. The van der Waals surface area contributed by atoms with Crippen LogP contribution in [0.3, 0.4) is 0 Å². The van der Waals surface area contributed by atoms with Gasteiger partial charge in [-0.05, 0) is 65.5 Å². The van der Waals surface area contributed by atoms with Gasteiger partial charge in [0.25, 0.3) is 5.91 Å². The molecule has 0 spiro atoms. The number of carbonyl (C=O) groups is 1. The van der Waals surface area contributed by atoms with Crippen molar-refractivity contribution in [3.63, 3.8) is 0 Å². The molecule has 2 bridgehead atoms. The lowest BCUT2D eigenvalue weighted by molar-refractivity contribution is 0.0909. The van der Waals surface area contributed by atoms with Gasteiger partial charge in [-0.15, -0.1) is 0 Å². The first-order valence-electron chi connectivity index (χ1n) is 7.49. The maximum Gasteiger partial charge on any atom is 0.251 e. The van der Waals surface area contributed by atoms with Gasteiger partial charge in [0.2, 0.25) is 0 Å². The number of fused-ring (bicyclic) bond motifs is 3. The molecule has 4 heterocycles. The van der Waals surface area contributed by atoms with Gasteiger partial charge >= 0.3 is 0 Å². The summed E-state index contributed by atoms with van der Waals surface area (Å²) in [6.07, 6.45) is 4.35. The summed E-state index contributed by atoms with van der Waals surface area (Å²) < 4.78 is 3.02. The highest BCUT2D eigenvalue weighted by Crippen LogP contribution is 2.27. The number of halogens is 1. The van der Waals surface area contributed by atoms with Crippen LogP contribution in [0, 0.1) is 5.92 Å². The number of amides is 1. The van der Waals surface area contributed by atoms with Gasteiger partial charge in [-0.25, -0.2) is 0 Å². The molecule has 21 heavy (non-hydrogen) atoms. The van der Waals surface area contributed by atoms with Crippen molar-refractivity contribution >= 4 is 27.4 Å². The normalized spacial score (nSPS) is 28.0. The minimum absolute atomic E-state index is 0.0438. The lowest BCUT2D eigenvalue weighted by atomic mass is 9.96. The molecule has 0 aromatic carbocycles. The summed E-state index contributed by atoms with van der Waals surface area (Å²) in [6.45, 7) is 3.42. The van der Waals surface area contributed by atoms with Crippen molar-refractivity contribution in [1.29, 1.82) is 0 Å². The van der Waals surface area contributed by atoms with E-state index in [1.54, 1.807) is 0 Å².